The van der Waals surface area contributed by atoms with Crippen LogP contribution in [0.15, 0.2) is 18.2 Å². The molecule has 0 aliphatic rings. The molecule has 0 aliphatic heterocycles. The second-order valence-corrected chi connectivity index (χ2v) is 4.38. The molecule has 104 valence electrons. The molecule has 0 unspecified atom stereocenters. The van der Waals surface area contributed by atoms with Crippen molar-refractivity contribution in [2.45, 2.75) is 13.1 Å². The van der Waals surface area contributed by atoms with E-state index in [1.807, 2.05) is 0 Å². The van der Waals surface area contributed by atoms with Crippen molar-refractivity contribution in [3.8, 4) is 0 Å². The number of hydrogen-bond donors (Lipinski definition) is 2. The molecule has 2 heterocycles. The largest absolute Gasteiger partial charge is 0.477 e. The fourth-order valence-electron chi connectivity index (χ4n) is 2.21. The summed E-state index contributed by atoms with van der Waals surface area (Å²) in [6.45, 7) is 1.53. The first-order chi connectivity index (χ1) is 9.29. The number of hydrogen-bond acceptors (Lipinski definition) is 2. The highest BCUT2D eigenvalue weighted by molar-refractivity contribution is 5.92. The predicted octanol–water partition coefficient (Wildman–Crippen LogP) is 2.84. The zero-order valence-corrected chi connectivity index (χ0v) is 10.1. The second kappa shape index (κ2) is 3.75. The number of aromatic carboxylic acids is 1. The van der Waals surface area contributed by atoms with E-state index in [9.17, 15) is 18.0 Å². The van der Waals surface area contributed by atoms with Crippen LogP contribution in [0.5, 0.6) is 0 Å². The van der Waals surface area contributed by atoms with Gasteiger partial charge in [0.15, 0.2) is 5.69 Å². The van der Waals surface area contributed by atoms with Gasteiger partial charge in [-0.15, -0.1) is 0 Å². The van der Waals surface area contributed by atoms with Gasteiger partial charge in [-0.2, -0.15) is 13.2 Å². The number of rotatable bonds is 1. The van der Waals surface area contributed by atoms with E-state index < -0.39 is 17.7 Å². The molecule has 0 saturated carbocycles. The van der Waals surface area contributed by atoms with Gasteiger partial charge in [0.25, 0.3) is 0 Å². The number of nitrogens with one attached hydrogen (secondary N) is 1. The smallest absolute Gasteiger partial charge is 0.416 e. The molecule has 0 saturated heterocycles. The molecular weight excluding hydrogens is 275 g/mol. The number of carboxylic acid groups (broad SMARTS) is 1. The number of aryl methyl sites for hydroxylation is 1. The quantitative estimate of drug-likeness (QED) is 0.721. The number of fused-ring (bicyclic) bond motifs is 3. The van der Waals surface area contributed by atoms with E-state index in [1.54, 1.807) is 0 Å². The van der Waals surface area contributed by atoms with Crippen molar-refractivity contribution in [1.29, 1.82) is 0 Å². The van der Waals surface area contributed by atoms with Crippen molar-refractivity contribution in [3.05, 3.63) is 35.2 Å². The first-order valence-electron chi connectivity index (χ1n) is 5.60. The minimum absolute atomic E-state index is 0.108. The Kier molecular flexibility index (Phi) is 2.35. The van der Waals surface area contributed by atoms with Crippen LogP contribution in [0.3, 0.4) is 0 Å². The van der Waals surface area contributed by atoms with Crippen LogP contribution in [-0.4, -0.2) is 25.4 Å². The number of imidazole rings is 2. The van der Waals surface area contributed by atoms with E-state index in [2.05, 4.69) is 9.97 Å². The van der Waals surface area contributed by atoms with Gasteiger partial charge in [0, 0.05) is 5.69 Å². The summed E-state index contributed by atoms with van der Waals surface area (Å²) >= 11 is 0. The van der Waals surface area contributed by atoms with Gasteiger partial charge < -0.3 is 10.1 Å². The van der Waals surface area contributed by atoms with E-state index in [4.69, 9.17) is 5.11 Å². The standard InChI is InChI=1S/C12H8F3N3O2/c1-5-9(10(19)20)18-8-4-6(12(13,14)15)2-3-7(8)17-11(18)16-5/h2-4H,1H3,(H,16,17)(H,19,20). The second-order valence-electron chi connectivity index (χ2n) is 4.38. The summed E-state index contributed by atoms with van der Waals surface area (Å²) in [5.74, 6) is -1.03. The maximum absolute atomic E-state index is 12.7. The third kappa shape index (κ3) is 1.64. The van der Waals surface area contributed by atoms with Gasteiger partial charge in [0.1, 0.15) is 0 Å². The molecule has 1 aromatic carbocycles. The van der Waals surface area contributed by atoms with E-state index in [0.717, 1.165) is 12.1 Å². The van der Waals surface area contributed by atoms with Crippen molar-refractivity contribution < 1.29 is 23.1 Å². The zero-order valence-electron chi connectivity index (χ0n) is 10.1. The fourth-order valence-corrected chi connectivity index (χ4v) is 2.21. The average Bonchev–Trinajstić information content (AvgIpc) is 2.80. The minimum Gasteiger partial charge on any atom is -0.477 e. The molecule has 0 bridgehead atoms. The zero-order chi connectivity index (χ0) is 14.7. The number of aromatic nitrogens is 3. The Morgan fingerprint density at radius 2 is 2.10 bits per heavy atom. The molecule has 20 heavy (non-hydrogen) atoms. The molecular formula is C12H8F3N3O2. The Labute approximate surface area is 109 Å². The Balaban J connectivity index is 2.43. The van der Waals surface area contributed by atoms with E-state index >= 15 is 0 Å². The summed E-state index contributed by atoms with van der Waals surface area (Å²) in [4.78, 5) is 18.1. The van der Waals surface area contributed by atoms with Crippen LogP contribution in [0.1, 0.15) is 21.7 Å². The van der Waals surface area contributed by atoms with Crippen molar-refractivity contribution in [3.63, 3.8) is 0 Å². The Morgan fingerprint density at radius 3 is 2.70 bits per heavy atom. The van der Waals surface area contributed by atoms with Crippen LogP contribution in [0.4, 0.5) is 13.2 Å². The van der Waals surface area contributed by atoms with Crippen LogP contribution in [-0.2, 0) is 6.18 Å². The van der Waals surface area contributed by atoms with Crippen molar-refractivity contribution >= 4 is 22.8 Å². The third-order valence-corrected chi connectivity index (χ3v) is 3.06. The third-order valence-electron chi connectivity index (χ3n) is 3.06. The molecule has 0 radical (unpaired) electrons. The highest BCUT2D eigenvalue weighted by Crippen LogP contribution is 2.32. The summed E-state index contributed by atoms with van der Waals surface area (Å²) in [6, 6.07) is 3.04. The molecule has 8 heteroatoms. The molecule has 0 spiro atoms. The Hall–Kier alpha value is -2.51. The van der Waals surface area contributed by atoms with Gasteiger partial charge in [0.2, 0.25) is 5.78 Å². The SMILES string of the molecule is Cc1[nH]c2nc3ccc(C(F)(F)F)cc3n2c1C(=O)O. The Bertz CT molecular complexity index is 845. The number of nitrogens with zero attached hydrogens (tertiary/aromatic N) is 2. The molecule has 3 rings (SSSR count). The van der Waals surface area contributed by atoms with Crippen molar-refractivity contribution in [2.24, 2.45) is 0 Å². The molecule has 0 atom stereocenters. The summed E-state index contributed by atoms with van der Waals surface area (Å²) in [6.07, 6.45) is -4.49. The maximum Gasteiger partial charge on any atom is 0.416 e. The van der Waals surface area contributed by atoms with Gasteiger partial charge in [-0.05, 0) is 25.1 Å². The van der Waals surface area contributed by atoms with Gasteiger partial charge >= 0.3 is 12.1 Å². The van der Waals surface area contributed by atoms with E-state index in [-0.39, 0.29) is 17.0 Å². The summed E-state index contributed by atoms with van der Waals surface area (Å²) in [5, 5.41) is 9.17. The Morgan fingerprint density at radius 1 is 1.40 bits per heavy atom. The van der Waals surface area contributed by atoms with E-state index in [0.29, 0.717) is 11.2 Å². The number of aromatic amines is 1. The van der Waals surface area contributed by atoms with Gasteiger partial charge in [-0.3, -0.25) is 4.40 Å². The molecule has 0 aliphatic carbocycles. The van der Waals surface area contributed by atoms with Crippen LogP contribution in [0.25, 0.3) is 16.8 Å². The number of alkyl halides is 3. The number of carbonyl (C=O) groups is 1. The lowest BCUT2D eigenvalue weighted by Gasteiger charge is -2.06. The van der Waals surface area contributed by atoms with Crippen molar-refractivity contribution in [2.75, 3.05) is 0 Å². The molecule has 5 nitrogen and oxygen atoms in total. The number of benzene rings is 1. The number of halogens is 3. The van der Waals surface area contributed by atoms with Gasteiger partial charge in [-0.1, -0.05) is 0 Å². The lowest BCUT2D eigenvalue weighted by Crippen LogP contribution is -2.06. The van der Waals surface area contributed by atoms with Crippen LogP contribution < -0.4 is 0 Å². The maximum atomic E-state index is 12.7. The lowest BCUT2D eigenvalue weighted by atomic mass is 10.2. The highest BCUT2D eigenvalue weighted by Gasteiger charge is 2.31. The fraction of sp³-hybridized carbons (Fsp3) is 0.167. The number of H-pyrrole nitrogens is 1. The van der Waals surface area contributed by atoms with Crippen molar-refractivity contribution in [1.82, 2.24) is 14.4 Å². The molecule has 2 aromatic heterocycles. The predicted molar refractivity (Wildman–Crippen MR) is 63.7 cm³/mol. The highest BCUT2D eigenvalue weighted by atomic mass is 19.4. The first-order valence-corrected chi connectivity index (χ1v) is 5.60. The first kappa shape index (κ1) is 12.5. The minimum atomic E-state index is -4.49. The van der Waals surface area contributed by atoms with E-state index in [1.165, 1.54) is 17.4 Å². The summed E-state index contributed by atoms with van der Waals surface area (Å²) < 4.78 is 39.4. The van der Waals surface area contributed by atoms with Crippen LogP contribution >= 0.6 is 0 Å². The molecule has 2 N–H and O–H groups in total. The van der Waals surface area contributed by atoms with Crippen LogP contribution in [0.2, 0.25) is 0 Å². The monoisotopic (exact) mass is 283 g/mol. The summed E-state index contributed by atoms with van der Waals surface area (Å²) in [7, 11) is 0. The molecule has 0 fully saturated rings. The lowest BCUT2D eigenvalue weighted by molar-refractivity contribution is -0.137. The van der Waals surface area contributed by atoms with Crippen LogP contribution in [0, 0.1) is 6.92 Å². The van der Waals surface area contributed by atoms with Gasteiger partial charge in [0.05, 0.1) is 16.6 Å². The normalized spacial score (nSPS) is 12.4. The number of carboxylic acids is 1. The summed E-state index contributed by atoms with van der Waals surface area (Å²) in [5.41, 5.74) is -0.230. The molecule has 0 amide bonds. The average molecular weight is 283 g/mol. The topological polar surface area (TPSA) is 70.4 Å². The van der Waals surface area contributed by atoms with Gasteiger partial charge in [-0.25, -0.2) is 9.78 Å². The molecule has 3 aromatic rings.